The second kappa shape index (κ2) is 5.52. The van der Waals surface area contributed by atoms with Crippen molar-refractivity contribution in [2.75, 3.05) is 0 Å². The molecule has 0 aliphatic rings. The van der Waals surface area contributed by atoms with Gasteiger partial charge in [-0.25, -0.2) is 0 Å². The maximum absolute atomic E-state index is 2.44. The smallest absolute Gasteiger partial charge is 0.00243 e. The van der Waals surface area contributed by atoms with Crippen molar-refractivity contribution in [3.8, 4) is 0 Å². The molecule has 0 aliphatic carbocycles. The normalized spacial score (nSPS) is 18.8. The molecular weight excluding hydrogens is 192 g/mol. The molecule has 0 amide bonds. The molecule has 0 saturated heterocycles. The van der Waals surface area contributed by atoms with E-state index in [1.165, 1.54) is 18.4 Å². The van der Waals surface area contributed by atoms with Crippen molar-refractivity contribution in [2.45, 2.75) is 52.9 Å². The van der Waals surface area contributed by atoms with E-state index in [1.54, 1.807) is 0 Å². The Bertz CT molecular complexity index is 289. The Balaban J connectivity index is 3.14. The minimum Gasteiger partial charge on any atom is -0.0651 e. The summed E-state index contributed by atoms with van der Waals surface area (Å²) >= 11 is 0. The average molecular weight is 218 g/mol. The van der Waals surface area contributed by atoms with Crippen LogP contribution in [-0.4, -0.2) is 0 Å². The monoisotopic (exact) mass is 218 g/mol. The van der Waals surface area contributed by atoms with Gasteiger partial charge in [0.1, 0.15) is 0 Å². The van der Waals surface area contributed by atoms with Gasteiger partial charge < -0.3 is 0 Å². The zero-order chi connectivity index (χ0) is 12.2. The first-order valence-corrected chi connectivity index (χ1v) is 6.62. The van der Waals surface area contributed by atoms with Gasteiger partial charge in [-0.2, -0.15) is 0 Å². The third-order valence-corrected chi connectivity index (χ3v) is 4.67. The van der Waals surface area contributed by atoms with Crippen molar-refractivity contribution in [1.29, 1.82) is 0 Å². The fraction of sp³-hybridized carbons (Fsp3) is 0.625. The highest BCUT2D eigenvalue weighted by molar-refractivity contribution is 5.26. The zero-order valence-corrected chi connectivity index (χ0v) is 11.5. The summed E-state index contributed by atoms with van der Waals surface area (Å²) in [5, 5.41) is 0. The quantitative estimate of drug-likeness (QED) is 0.649. The Labute approximate surface area is 101 Å². The van der Waals surface area contributed by atoms with Crippen molar-refractivity contribution < 1.29 is 0 Å². The fourth-order valence-electron chi connectivity index (χ4n) is 2.70. The summed E-state index contributed by atoms with van der Waals surface area (Å²) in [5.74, 6) is 1.45. The summed E-state index contributed by atoms with van der Waals surface area (Å²) in [5.41, 5.74) is 1.81. The molecule has 1 rings (SSSR count). The molecule has 0 fully saturated rings. The van der Waals surface area contributed by atoms with Crippen molar-refractivity contribution in [3.63, 3.8) is 0 Å². The van der Waals surface area contributed by atoms with Crippen LogP contribution in [0.3, 0.4) is 0 Å². The van der Waals surface area contributed by atoms with E-state index in [4.69, 9.17) is 0 Å². The molecule has 0 aromatic heterocycles. The maximum atomic E-state index is 2.44. The molecule has 0 bridgehead atoms. The van der Waals surface area contributed by atoms with E-state index in [1.807, 2.05) is 0 Å². The van der Waals surface area contributed by atoms with Crippen LogP contribution in [0.25, 0.3) is 0 Å². The van der Waals surface area contributed by atoms with Gasteiger partial charge in [-0.15, -0.1) is 0 Å². The number of benzene rings is 1. The Morgan fingerprint density at radius 3 is 1.75 bits per heavy atom. The molecule has 0 saturated carbocycles. The van der Waals surface area contributed by atoms with Crippen LogP contribution in [0.5, 0.6) is 0 Å². The summed E-state index contributed by atoms with van der Waals surface area (Å²) in [6.07, 6.45) is 2.49. The first-order chi connectivity index (χ1) is 7.57. The van der Waals surface area contributed by atoms with Gasteiger partial charge in [0.25, 0.3) is 0 Å². The SMILES string of the molecule is CCC(C)C(C)(c1ccccc1)C(C)CC. The molecule has 0 radical (unpaired) electrons. The Kier molecular flexibility index (Phi) is 4.58. The molecule has 0 N–H and O–H groups in total. The van der Waals surface area contributed by atoms with Crippen LogP contribution in [0.1, 0.15) is 53.0 Å². The highest BCUT2D eigenvalue weighted by Crippen LogP contribution is 2.41. The third kappa shape index (κ3) is 2.31. The molecule has 16 heavy (non-hydrogen) atoms. The van der Waals surface area contributed by atoms with Gasteiger partial charge in [0, 0.05) is 0 Å². The molecule has 1 aromatic rings. The minimum absolute atomic E-state index is 0.310. The third-order valence-electron chi connectivity index (χ3n) is 4.67. The van der Waals surface area contributed by atoms with E-state index < -0.39 is 0 Å². The molecule has 2 atom stereocenters. The fourth-order valence-corrected chi connectivity index (χ4v) is 2.70. The van der Waals surface area contributed by atoms with Gasteiger partial charge in [-0.3, -0.25) is 0 Å². The molecule has 0 aliphatic heterocycles. The summed E-state index contributed by atoms with van der Waals surface area (Å²) in [6, 6.07) is 11.0. The minimum atomic E-state index is 0.310. The van der Waals surface area contributed by atoms with Gasteiger partial charge in [-0.05, 0) is 22.8 Å². The molecule has 0 nitrogen and oxygen atoms in total. The molecule has 90 valence electrons. The second-order valence-electron chi connectivity index (χ2n) is 5.27. The highest BCUT2D eigenvalue weighted by Gasteiger charge is 2.36. The summed E-state index contributed by atoms with van der Waals surface area (Å²) in [7, 11) is 0. The lowest BCUT2D eigenvalue weighted by molar-refractivity contribution is 0.204. The van der Waals surface area contributed by atoms with Crippen LogP contribution in [0.2, 0.25) is 0 Å². The van der Waals surface area contributed by atoms with Crippen LogP contribution in [0, 0.1) is 11.8 Å². The highest BCUT2D eigenvalue weighted by atomic mass is 14.4. The van der Waals surface area contributed by atoms with Gasteiger partial charge in [0.2, 0.25) is 0 Å². The van der Waals surface area contributed by atoms with E-state index >= 15 is 0 Å². The Hall–Kier alpha value is -0.780. The van der Waals surface area contributed by atoms with Crippen LogP contribution in [0.15, 0.2) is 30.3 Å². The lowest BCUT2D eigenvalue weighted by atomic mass is 9.63. The van der Waals surface area contributed by atoms with Crippen molar-refractivity contribution in [3.05, 3.63) is 35.9 Å². The topological polar surface area (TPSA) is 0 Å². The predicted octanol–water partition coefficient (Wildman–Crippen LogP) is 5.04. The van der Waals surface area contributed by atoms with E-state index in [2.05, 4.69) is 65.0 Å². The molecule has 0 heteroatoms. The van der Waals surface area contributed by atoms with E-state index in [9.17, 15) is 0 Å². The van der Waals surface area contributed by atoms with Crippen LogP contribution >= 0.6 is 0 Å². The lowest BCUT2D eigenvalue weighted by Crippen LogP contribution is -2.36. The summed E-state index contributed by atoms with van der Waals surface area (Å²) < 4.78 is 0. The first kappa shape index (κ1) is 13.3. The Morgan fingerprint density at radius 1 is 0.938 bits per heavy atom. The lowest BCUT2D eigenvalue weighted by Gasteiger charge is -2.41. The number of hydrogen-bond donors (Lipinski definition) is 0. The van der Waals surface area contributed by atoms with Crippen LogP contribution < -0.4 is 0 Å². The average Bonchev–Trinajstić information content (AvgIpc) is 2.36. The van der Waals surface area contributed by atoms with Gasteiger partial charge in [-0.1, -0.05) is 77.8 Å². The Morgan fingerprint density at radius 2 is 1.38 bits per heavy atom. The van der Waals surface area contributed by atoms with Crippen LogP contribution in [0.4, 0.5) is 0 Å². The molecule has 0 spiro atoms. The predicted molar refractivity (Wildman–Crippen MR) is 72.7 cm³/mol. The van der Waals surface area contributed by atoms with Crippen LogP contribution in [-0.2, 0) is 5.41 Å². The van der Waals surface area contributed by atoms with E-state index in [0.717, 1.165) is 11.8 Å². The number of rotatable bonds is 5. The summed E-state index contributed by atoms with van der Waals surface area (Å²) in [6.45, 7) is 11.8. The molecule has 1 aromatic carbocycles. The molecule has 2 unspecified atom stereocenters. The summed E-state index contributed by atoms with van der Waals surface area (Å²) in [4.78, 5) is 0. The number of hydrogen-bond acceptors (Lipinski definition) is 0. The second-order valence-corrected chi connectivity index (χ2v) is 5.27. The maximum Gasteiger partial charge on any atom is -0.00243 e. The van der Waals surface area contributed by atoms with Crippen molar-refractivity contribution in [2.24, 2.45) is 11.8 Å². The molecular formula is C16H26. The van der Waals surface area contributed by atoms with E-state index in [-0.39, 0.29) is 0 Å². The van der Waals surface area contributed by atoms with Gasteiger partial charge in [0.15, 0.2) is 0 Å². The molecule has 0 heterocycles. The standard InChI is InChI=1S/C16H26/c1-6-13(3)16(5,14(4)7-2)15-11-9-8-10-12-15/h8-14H,6-7H2,1-5H3. The zero-order valence-electron chi connectivity index (χ0n) is 11.5. The first-order valence-electron chi connectivity index (χ1n) is 6.62. The van der Waals surface area contributed by atoms with E-state index in [0.29, 0.717) is 5.41 Å². The van der Waals surface area contributed by atoms with Crippen molar-refractivity contribution >= 4 is 0 Å². The van der Waals surface area contributed by atoms with Crippen molar-refractivity contribution in [1.82, 2.24) is 0 Å². The van der Waals surface area contributed by atoms with Gasteiger partial charge in [0.05, 0.1) is 0 Å². The van der Waals surface area contributed by atoms with Gasteiger partial charge >= 0.3 is 0 Å². The largest absolute Gasteiger partial charge is 0.0651 e.